The SMILES string of the molecule is Nc1c(F)cccc1N(CCO)C1CC1. The Bertz CT molecular complexity index is 352. The van der Waals surface area contributed by atoms with Crippen molar-refractivity contribution < 1.29 is 9.50 Å². The second-order valence-corrected chi connectivity index (χ2v) is 3.82. The van der Waals surface area contributed by atoms with E-state index in [1.165, 1.54) is 6.07 Å². The third-order valence-corrected chi connectivity index (χ3v) is 2.67. The van der Waals surface area contributed by atoms with Crippen LogP contribution in [0.1, 0.15) is 12.8 Å². The van der Waals surface area contributed by atoms with Gasteiger partial charge in [-0.15, -0.1) is 0 Å². The van der Waals surface area contributed by atoms with Gasteiger partial charge in [-0.2, -0.15) is 0 Å². The molecule has 82 valence electrons. The highest BCUT2D eigenvalue weighted by Crippen LogP contribution is 2.35. The Hall–Kier alpha value is -1.29. The van der Waals surface area contributed by atoms with Crippen molar-refractivity contribution in [3.63, 3.8) is 0 Å². The summed E-state index contributed by atoms with van der Waals surface area (Å²) in [5, 5.41) is 8.96. The average Bonchev–Trinajstić information content (AvgIpc) is 3.03. The molecule has 0 bridgehead atoms. The summed E-state index contributed by atoms with van der Waals surface area (Å²) in [7, 11) is 0. The lowest BCUT2D eigenvalue weighted by atomic mass is 10.2. The molecule has 0 heterocycles. The third-order valence-electron chi connectivity index (χ3n) is 2.67. The lowest BCUT2D eigenvalue weighted by Crippen LogP contribution is -2.29. The standard InChI is InChI=1S/C11H15FN2O/c12-9-2-1-3-10(11(9)13)14(6-7-15)8-4-5-8/h1-3,8,15H,4-7,13H2. The summed E-state index contributed by atoms with van der Waals surface area (Å²) in [4.78, 5) is 1.98. The predicted molar refractivity (Wildman–Crippen MR) is 58.3 cm³/mol. The largest absolute Gasteiger partial charge is 0.395 e. The third kappa shape index (κ3) is 2.04. The van der Waals surface area contributed by atoms with Crippen molar-refractivity contribution in [1.29, 1.82) is 0 Å². The first kappa shape index (κ1) is 10.2. The number of para-hydroxylation sites is 1. The second kappa shape index (κ2) is 4.06. The van der Waals surface area contributed by atoms with Crippen molar-refractivity contribution in [1.82, 2.24) is 0 Å². The van der Waals surface area contributed by atoms with Crippen LogP contribution in [0.5, 0.6) is 0 Å². The van der Waals surface area contributed by atoms with Crippen molar-refractivity contribution >= 4 is 11.4 Å². The molecule has 2 rings (SSSR count). The number of nitrogen functional groups attached to an aromatic ring is 1. The highest BCUT2D eigenvalue weighted by atomic mass is 19.1. The van der Waals surface area contributed by atoms with Crippen LogP contribution in [-0.4, -0.2) is 24.3 Å². The van der Waals surface area contributed by atoms with Crippen LogP contribution >= 0.6 is 0 Å². The molecule has 1 aromatic carbocycles. The van der Waals surface area contributed by atoms with Crippen molar-refractivity contribution in [3.05, 3.63) is 24.0 Å². The van der Waals surface area contributed by atoms with E-state index < -0.39 is 5.82 Å². The van der Waals surface area contributed by atoms with E-state index in [0.717, 1.165) is 12.8 Å². The topological polar surface area (TPSA) is 49.5 Å². The fourth-order valence-corrected chi connectivity index (χ4v) is 1.77. The zero-order valence-electron chi connectivity index (χ0n) is 8.49. The molecule has 3 nitrogen and oxygen atoms in total. The van der Waals surface area contributed by atoms with Gasteiger partial charge >= 0.3 is 0 Å². The number of halogens is 1. The maximum absolute atomic E-state index is 13.2. The molecule has 4 heteroatoms. The molecule has 1 aliphatic carbocycles. The summed E-state index contributed by atoms with van der Waals surface area (Å²) >= 11 is 0. The summed E-state index contributed by atoms with van der Waals surface area (Å²) in [5.41, 5.74) is 6.56. The van der Waals surface area contributed by atoms with Crippen LogP contribution in [0.2, 0.25) is 0 Å². The van der Waals surface area contributed by atoms with Crippen LogP contribution in [0.15, 0.2) is 18.2 Å². The molecule has 0 aliphatic heterocycles. The van der Waals surface area contributed by atoms with Gasteiger partial charge in [0.2, 0.25) is 0 Å². The lowest BCUT2D eigenvalue weighted by molar-refractivity contribution is 0.301. The Morgan fingerprint density at radius 3 is 2.80 bits per heavy atom. The van der Waals surface area contributed by atoms with Gasteiger partial charge in [0.15, 0.2) is 0 Å². The zero-order chi connectivity index (χ0) is 10.8. The lowest BCUT2D eigenvalue weighted by Gasteiger charge is -2.25. The summed E-state index contributed by atoms with van der Waals surface area (Å²) in [5.74, 6) is -0.393. The number of hydrogen-bond donors (Lipinski definition) is 2. The number of anilines is 2. The number of hydrogen-bond acceptors (Lipinski definition) is 3. The molecule has 3 N–H and O–H groups in total. The second-order valence-electron chi connectivity index (χ2n) is 3.82. The summed E-state index contributed by atoms with van der Waals surface area (Å²) < 4.78 is 13.2. The van der Waals surface area contributed by atoms with Gasteiger partial charge in [0, 0.05) is 12.6 Å². The van der Waals surface area contributed by atoms with Gasteiger partial charge in [0.25, 0.3) is 0 Å². The van der Waals surface area contributed by atoms with Crippen molar-refractivity contribution in [2.75, 3.05) is 23.8 Å². The maximum Gasteiger partial charge on any atom is 0.148 e. The first-order valence-electron chi connectivity index (χ1n) is 5.15. The predicted octanol–water partition coefficient (Wildman–Crippen LogP) is 1.37. The molecule has 0 unspecified atom stereocenters. The molecule has 1 fully saturated rings. The Morgan fingerprint density at radius 1 is 1.47 bits per heavy atom. The molecule has 0 atom stereocenters. The van der Waals surface area contributed by atoms with Crippen LogP contribution in [0.4, 0.5) is 15.8 Å². The minimum Gasteiger partial charge on any atom is -0.395 e. The first-order chi connectivity index (χ1) is 7.24. The Balaban J connectivity index is 2.28. The maximum atomic E-state index is 13.2. The van der Waals surface area contributed by atoms with E-state index in [9.17, 15) is 4.39 Å². The molecule has 0 radical (unpaired) electrons. The Kier molecular flexibility index (Phi) is 2.77. The molecule has 15 heavy (non-hydrogen) atoms. The van der Waals surface area contributed by atoms with Crippen molar-refractivity contribution in [2.45, 2.75) is 18.9 Å². The van der Waals surface area contributed by atoms with Crippen LogP contribution < -0.4 is 10.6 Å². The average molecular weight is 210 g/mol. The van der Waals surface area contributed by atoms with Crippen molar-refractivity contribution in [2.24, 2.45) is 0 Å². The fourth-order valence-electron chi connectivity index (χ4n) is 1.77. The quantitative estimate of drug-likeness (QED) is 0.738. The number of nitrogens with zero attached hydrogens (tertiary/aromatic N) is 1. The van der Waals surface area contributed by atoms with Crippen LogP contribution in [-0.2, 0) is 0 Å². The number of aliphatic hydroxyl groups excluding tert-OH is 1. The fraction of sp³-hybridized carbons (Fsp3) is 0.455. The number of nitrogens with two attached hydrogens (primary N) is 1. The Labute approximate surface area is 88.3 Å². The molecule has 1 aromatic rings. The van der Waals surface area contributed by atoms with Gasteiger partial charge in [-0.25, -0.2) is 4.39 Å². The first-order valence-corrected chi connectivity index (χ1v) is 5.15. The number of benzene rings is 1. The molecule has 0 amide bonds. The van der Waals surface area contributed by atoms with Crippen molar-refractivity contribution in [3.8, 4) is 0 Å². The van der Waals surface area contributed by atoms with Gasteiger partial charge in [0.1, 0.15) is 5.82 Å². The van der Waals surface area contributed by atoms with E-state index in [2.05, 4.69) is 0 Å². The minimum atomic E-state index is -0.393. The molecule has 0 saturated heterocycles. The van der Waals surface area contributed by atoms with Crippen LogP contribution in [0.25, 0.3) is 0 Å². The Morgan fingerprint density at radius 2 is 2.20 bits per heavy atom. The molecular formula is C11H15FN2O. The number of rotatable bonds is 4. The minimum absolute atomic E-state index is 0.0620. The number of aliphatic hydroxyl groups is 1. The normalized spacial score (nSPS) is 15.3. The molecule has 1 aliphatic rings. The summed E-state index contributed by atoms with van der Waals surface area (Å²) in [6.07, 6.45) is 2.19. The molecular weight excluding hydrogens is 195 g/mol. The highest BCUT2D eigenvalue weighted by molar-refractivity contribution is 5.69. The van der Waals surface area contributed by atoms with Gasteiger partial charge in [-0.1, -0.05) is 6.07 Å². The van der Waals surface area contributed by atoms with E-state index >= 15 is 0 Å². The van der Waals surface area contributed by atoms with E-state index in [1.807, 2.05) is 4.90 Å². The van der Waals surface area contributed by atoms with Crippen LogP contribution in [0.3, 0.4) is 0 Å². The van der Waals surface area contributed by atoms with Gasteiger partial charge in [-0.05, 0) is 25.0 Å². The monoisotopic (exact) mass is 210 g/mol. The molecule has 1 saturated carbocycles. The van der Waals surface area contributed by atoms with E-state index in [1.54, 1.807) is 12.1 Å². The van der Waals surface area contributed by atoms with Crippen LogP contribution in [0, 0.1) is 5.82 Å². The smallest absolute Gasteiger partial charge is 0.148 e. The van der Waals surface area contributed by atoms with Gasteiger partial charge in [-0.3, -0.25) is 0 Å². The molecule has 0 aromatic heterocycles. The van der Waals surface area contributed by atoms with E-state index in [0.29, 0.717) is 18.3 Å². The van der Waals surface area contributed by atoms with E-state index in [-0.39, 0.29) is 12.3 Å². The van der Waals surface area contributed by atoms with Gasteiger partial charge < -0.3 is 15.7 Å². The highest BCUT2D eigenvalue weighted by Gasteiger charge is 2.30. The van der Waals surface area contributed by atoms with E-state index in [4.69, 9.17) is 10.8 Å². The zero-order valence-corrected chi connectivity index (χ0v) is 8.49. The molecule has 0 spiro atoms. The summed E-state index contributed by atoms with van der Waals surface area (Å²) in [6, 6.07) is 5.21. The summed E-state index contributed by atoms with van der Waals surface area (Å²) in [6.45, 7) is 0.574. The van der Waals surface area contributed by atoms with Gasteiger partial charge in [0.05, 0.1) is 18.0 Å².